The number of rotatable bonds is 4. The van der Waals surface area contributed by atoms with Crippen LogP contribution >= 0.6 is 11.6 Å². The summed E-state index contributed by atoms with van der Waals surface area (Å²) in [5.74, 6) is 1.24. The van der Waals surface area contributed by atoms with Crippen LogP contribution in [0, 0.1) is 0 Å². The Labute approximate surface area is 154 Å². The Hall–Kier alpha value is -3.31. The van der Waals surface area contributed by atoms with Crippen molar-refractivity contribution in [2.45, 2.75) is 0 Å². The lowest BCUT2D eigenvalue weighted by molar-refractivity contribution is 0.0998. The Morgan fingerprint density at radius 3 is 2.46 bits per heavy atom. The van der Waals surface area contributed by atoms with E-state index in [2.05, 4.69) is 10.3 Å². The molecule has 2 aromatic carbocycles. The number of hydrogen-bond donors (Lipinski definition) is 1. The summed E-state index contributed by atoms with van der Waals surface area (Å²) in [6, 6.07) is 17.5. The van der Waals surface area contributed by atoms with Crippen LogP contribution in [0.5, 0.6) is 11.5 Å². The fraction of sp³-hybridized carbons (Fsp3) is 0. The van der Waals surface area contributed by atoms with Gasteiger partial charge in [0.25, 0.3) is 5.91 Å². The first kappa shape index (κ1) is 16.2. The lowest BCUT2D eigenvalue weighted by atomic mass is 10.2. The number of furan rings is 1. The van der Waals surface area contributed by atoms with E-state index in [1.165, 1.54) is 0 Å². The number of amides is 1. The molecule has 0 saturated heterocycles. The van der Waals surface area contributed by atoms with Crippen molar-refractivity contribution in [2.75, 3.05) is 5.32 Å². The van der Waals surface area contributed by atoms with E-state index in [-0.39, 0.29) is 11.7 Å². The van der Waals surface area contributed by atoms with Crippen LogP contribution in [-0.2, 0) is 0 Å². The molecule has 0 unspecified atom stereocenters. The number of pyridine rings is 1. The molecule has 6 heteroatoms. The van der Waals surface area contributed by atoms with E-state index in [0.717, 1.165) is 5.39 Å². The highest BCUT2D eigenvalue weighted by atomic mass is 35.5. The summed E-state index contributed by atoms with van der Waals surface area (Å²) in [6.45, 7) is 0. The molecule has 0 spiro atoms. The molecule has 128 valence electrons. The summed E-state index contributed by atoms with van der Waals surface area (Å²) in [4.78, 5) is 16.3. The van der Waals surface area contributed by atoms with Crippen molar-refractivity contribution >= 4 is 34.2 Å². The van der Waals surface area contributed by atoms with Crippen molar-refractivity contribution in [2.24, 2.45) is 0 Å². The minimum atomic E-state index is -0.333. The number of nitrogens with zero attached hydrogens (tertiary/aromatic N) is 1. The van der Waals surface area contributed by atoms with E-state index in [4.69, 9.17) is 20.8 Å². The van der Waals surface area contributed by atoms with Crippen LogP contribution in [0.4, 0.5) is 5.69 Å². The zero-order valence-electron chi connectivity index (χ0n) is 13.5. The Morgan fingerprint density at radius 1 is 0.962 bits per heavy atom. The quantitative estimate of drug-likeness (QED) is 0.517. The van der Waals surface area contributed by atoms with Crippen LogP contribution < -0.4 is 10.1 Å². The molecule has 1 N–H and O–H groups in total. The maximum Gasteiger partial charge on any atom is 0.291 e. The molecule has 0 atom stereocenters. The zero-order valence-corrected chi connectivity index (χ0v) is 14.2. The van der Waals surface area contributed by atoms with Crippen LogP contribution in [0.2, 0.25) is 5.02 Å². The molecule has 1 amide bonds. The average Bonchev–Trinajstić information content (AvgIpc) is 3.07. The standard InChI is InChI=1S/C20H13ClN2O3/c21-14-1-6-18-13(11-14)12-19(26-18)20(24)23-15-2-4-16(5-3-15)25-17-7-9-22-10-8-17/h1-12H,(H,23,24). The molecule has 4 rings (SSSR count). The summed E-state index contributed by atoms with van der Waals surface area (Å²) >= 11 is 5.95. The number of benzene rings is 2. The fourth-order valence-corrected chi connectivity index (χ4v) is 2.65. The summed E-state index contributed by atoms with van der Waals surface area (Å²) in [5.41, 5.74) is 1.25. The third-order valence-corrected chi connectivity index (χ3v) is 3.93. The zero-order chi connectivity index (χ0) is 17.9. The molecule has 0 saturated carbocycles. The first-order chi connectivity index (χ1) is 12.7. The first-order valence-electron chi connectivity index (χ1n) is 7.86. The van der Waals surface area contributed by atoms with Gasteiger partial charge in [-0.15, -0.1) is 0 Å². The molecular weight excluding hydrogens is 352 g/mol. The van der Waals surface area contributed by atoms with Gasteiger partial charge in [-0.25, -0.2) is 0 Å². The highest BCUT2D eigenvalue weighted by Gasteiger charge is 2.13. The monoisotopic (exact) mass is 364 g/mol. The van der Waals surface area contributed by atoms with Gasteiger partial charge < -0.3 is 14.5 Å². The lowest BCUT2D eigenvalue weighted by Crippen LogP contribution is -2.10. The molecule has 0 radical (unpaired) electrons. The van der Waals surface area contributed by atoms with Gasteiger partial charge in [-0.2, -0.15) is 0 Å². The molecule has 2 aromatic heterocycles. The van der Waals surface area contributed by atoms with Gasteiger partial charge in [0.05, 0.1) is 0 Å². The number of hydrogen-bond acceptors (Lipinski definition) is 4. The summed E-state index contributed by atoms with van der Waals surface area (Å²) in [7, 11) is 0. The molecule has 4 aromatic rings. The minimum absolute atomic E-state index is 0.222. The van der Waals surface area contributed by atoms with E-state index in [1.807, 2.05) is 0 Å². The Bertz CT molecular complexity index is 1060. The molecule has 2 heterocycles. The minimum Gasteiger partial charge on any atom is -0.457 e. The van der Waals surface area contributed by atoms with Gasteiger partial charge in [-0.3, -0.25) is 9.78 Å². The molecule has 5 nitrogen and oxygen atoms in total. The van der Waals surface area contributed by atoms with Crippen molar-refractivity contribution in [1.29, 1.82) is 0 Å². The number of aromatic nitrogens is 1. The van der Waals surface area contributed by atoms with Gasteiger partial charge >= 0.3 is 0 Å². The van der Waals surface area contributed by atoms with E-state index >= 15 is 0 Å². The van der Waals surface area contributed by atoms with E-state index in [0.29, 0.717) is 27.8 Å². The number of halogens is 1. The van der Waals surface area contributed by atoms with Gasteiger partial charge in [0.1, 0.15) is 17.1 Å². The van der Waals surface area contributed by atoms with Crippen LogP contribution in [0.1, 0.15) is 10.6 Å². The number of nitrogens with one attached hydrogen (secondary N) is 1. The van der Waals surface area contributed by atoms with E-state index < -0.39 is 0 Å². The summed E-state index contributed by atoms with van der Waals surface area (Å²) < 4.78 is 11.2. The Kier molecular flexibility index (Phi) is 4.29. The molecule has 0 aliphatic rings. The lowest BCUT2D eigenvalue weighted by Gasteiger charge is -2.07. The fourth-order valence-electron chi connectivity index (χ4n) is 2.47. The van der Waals surface area contributed by atoms with Gasteiger partial charge in [-0.05, 0) is 60.7 Å². The first-order valence-corrected chi connectivity index (χ1v) is 8.23. The second kappa shape index (κ2) is 6.90. The highest BCUT2D eigenvalue weighted by Crippen LogP contribution is 2.25. The van der Waals surface area contributed by atoms with Gasteiger partial charge in [0.15, 0.2) is 5.76 Å². The normalized spacial score (nSPS) is 10.7. The predicted molar refractivity (Wildman–Crippen MR) is 99.9 cm³/mol. The smallest absolute Gasteiger partial charge is 0.291 e. The number of fused-ring (bicyclic) bond motifs is 1. The van der Waals surface area contributed by atoms with Gasteiger partial charge in [-0.1, -0.05) is 11.6 Å². The van der Waals surface area contributed by atoms with Gasteiger partial charge in [0, 0.05) is 28.5 Å². The van der Waals surface area contributed by atoms with Crippen LogP contribution in [0.15, 0.2) is 77.5 Å². The van der Waals surface area contributed by atoms with E-state index in [1.54, 1.807) is 73.1 Å². The van der Waals surface area contributed by atoms with Crippen molar-refractivity contribution in [3.8, 4) is 11.5 Å². The van der Waals surface area contributed by atoms with Crippen molar-refractivity contribution in [1.82, 2.24) is 4.98 Å². The van der Waals surface area contributed by atoms with Crippen molar-refractivity contribution in [3.63, 3.8) is 0 Å². The molecule has 0 aliphatic heterocycles. The molecule has 26 heavy (non-hydrogen) atoms. The SMILES string of the molecule is O=C(Nc1ccc(Oc2ccncc2)cc1)c1cc2cc(Cl)ccc2o1. The molecule has 0 fully saturated rings. The maximum absolute atomic E-state index is 12.4. The highest BCUT2D eigenvalue weighted by molar-refractivity contribution is 6.31. The van der Waals surface area contributed by atoms with Crippen LogP contribution in [-0.4, -0.2) is 10.9 Å². The molecular formula is C20H13ClN2O3. The van der Waals surface area contributed by atoms with Crippen LogP contribution in [0.3, 0.4) is 0 Å². The number of ether oxygens (including phenoxy) is 1. The maximum atomic E-state index is 12.4. The number of anilines is 1. The Morgan fingerprint density at radius 2 is 1.69 bits per heavy atom. The second-order valence-corrected chi connectivity index (χ2v) is 5.99. The summed E-state index contributed by atoms with van der Waals surface area (Å²) in [5, 5.41) is 4.17. The molecule has 0 bridgehead atoms. The summed E-state index contributed by atoms with van der Waals surface area (Å²) in [6.07, 6.45) is 3.31. The topological polar surface area (TPSA) is 64.4 Å². The average molecular weight is 365 g/mol. The largest absolute Gasteiger partial charge is 0.457 e. The van der Waals surface area contributed by atoms with Crippen molar-refractivity contribution < 1.29 is 13.9 Å². The third-order valence-electron chi connectivity index (χ3n) is 3.70. The number of carbonyl (C=O) groups excluding carboxylic acids is 1. The number of carbonyl (C=O) groups is 1. The van der Waals surface area contributed by atoms with Crippen LogP contribution in [0.25, 0.3) is 11.0 Å². The van der Waals surface area contributed by atoms with Gasteiger partial charge in [0.2, 0.25) is 0 Å². The van der Waals surface area contributed by atoms with E-state index in [9.17, 15) is 4.79 Å². The predicted octanol–water partition coefficient (Wildman–Crippen LogP) is 5.53. The van der Waals surface area contributed by atoms with Crippen molar-refractivity contribution in [3.05, 3.63) is 83.8 Å². The Balaban J connectivity index is 1.46. The third kappa shape index (κ3) is 3.53. The second-order valence-electron chi connectivity index (χ2n) is 5.56. The molecule has 0 aliphatic carbocycles.